The molecule has 0 radical (unpaired) electrons. The zero-order valence-corrected chi connectivity index (χ0v) is 16.7. The third kappa shape index (κ3) is 5.88. The van der Waals surface area contributed by atoms with E-state index in [-0.39, 0.29) is 23.1 Å². The molecule has 162 valence electrons. The van der Waals surface area contributed by atoms with Crippen LogP contribution in [0.3, 0.4) is 0 Å². The van der Waals surface area contributed by atoms with Crippen LogP contribution in [0.1, 0.15) is 0 Å². The molecule has 1 amide bonds. The number of halogens is 2. The molecule has 0 bridgehead atoms. The number of morpholine rings is 1. The van der Waals surface area contributed by atoms with E-state index < -0.39 is 16.6 Å². The SMILES string of the molecule is O=C(CNc1cccc(S(=O)(=O)N2CCOCC2)c1)Nc1ccc(OC(F)F)cc1. The molecular formula is C19H21F2N3O5S. The van der Waals surface area contributed by atoms with E-state index in [0.29, 0.717) is 37.7 Å². The number of amides is 1. The number of hydrogen-bond donors (Lipinski definition) is 2. The lowest BCUT2D eigenvalue weighted by atomic mass is 10.3. The Kier molecular flexibility index (Phi) is 7.19. The fraction of sp³-hybridized carbons (Fsp3) is 0.316. The molecular weight excluding hydrogens is 420 g/mol. The molecule has 0 saturated carbocycles. The van der Waals surface area contributed by atoms with Crippen molar-refractivity contribution in [1.29, 1.82) is 0 Å². The van der Waals surface area contributed by atoms with Crippen molar-refractivity contribution in [2.75, 3.05) is 43.5 Å². The lowest BCUT2D eigenvalue weighted by molar-refractivity contribution is -0.114. The second-order valence-electron chi connectivity index (χ2n) is 6.35. The predicted molar refractivity (Wildman–Crippen MR) is 106 cm³/mol. The Morgan fingerprint density at radius 2 is 1.80 bits per heavy atom. The van der Waals surface area contributed by atoms with Gasteiger partial charge in [-0.2, -0.15) is 13.1 Å². The molecule has 2 aromatic carbocycles. The van der Waals surface area contributed by atoms with Crippen molar-refractivity contribution >= 4 is 27.3 Å². The van der Waals surface area contributed by atoms with Crippen molar-refractivity contribution in [3.05, 3.63) is 48.5 Å². The molecule has 1 aliphatic heterocycles. The average Bonchev–Trinajstić information content (AvgIpc) is 2.74. The smallest absolute Gasteiger partial charge is 0.387 e. The molecule has 1 fully saturated rings. The van der Waals surface area contributed by atoms with E-state index >= 15 is 0 Å². The van der Waals surface area contributed by atoms with E-state index in [9.17, 15) is 22.0 Å². The lowest BCUT2D eigenvalue weighted by Gasteiger charge is -2.26. The summed E-state index contributed by atoms with van der Waals surface area (Å²) >= 11 is 0. The van der Waals surface area contributed by atoms with E-state index in [1.165, 1.54) is 40.7 Å². The molecule has 8 nitrogen and oxygen atoms in total. The average molecular weight is 441 g/mol. The maximum atomic E-state index is 12.7. The van der Waals surface area contributed by atoms with E-state index in [1.807, 2.05) is 0 Å². The highest BCUT2D eigenvalue weighted by Crippen LogP contribution is 2.21. The number of rotatable bonds is 8. The first-order valence-corrected chi connectivity index (χ1v) is 10.6. The largest absolute Gasteiger partial charge is 0.435 e. The van der Waals surface area contributed by atoms with Crippen molar-refractivity contribution in [3.63, 3.8) is 0 Å². The number of carbonyl (C=O) groups excluding carboxylic acids is 1. The quantitative estimate of drug-likeness (QED) is 0.653. The van der Waals surface area contributed by atoms with Crippen molar-refractivity contribution < 1.29 is 31.5 Å². The Balaban J connectivity index is 1.56. The highest BCUT2D eigenvalue weighted by molar-refractivity contribution is 7.89. The van der Waals surface area contributed by atoms with Gasteiger partial charge in [-0.1, -0.05) is 6.07 Å². The highest BCUT2D eigenvalue weighted by atomic mass is 32.2. The van der Waals surface area contributed by atoms with E-state index in [4.69, 9.17) is 4.74 Å². The topological polar surface area (TPSA) is 97.0 Å². The molecule has 0 aliphatic carbocycles. The minimum absolute atomic E-state index is 0.0144. The molecule has 30 heavy (non-hydrogen) atoms. The van der Waals surface area contributed by atoms with Crippen molar-refractivity contribution in [2.24, 2.45) is 0 Å². The fourth-order valence-electron chi connectivity index (χ4n) is 2.81. The van der Waals surface area contributed by atoms with Crippen molar-refractivity contribution in [2.45, 2.75) is 11.5 Å². The summed E-state index contributed by atoms with van der Waals surface area (Å²) in [5, 5.41) is 5.48. The number of sulfonamides is 1. The molecule has 0 spiro atoms. The minimum Gasteiger partial charge on any atom is -0.435 e. The van der Waals surface area contributed by atoms with Gasteiger partial charge in [-0.25, -0.2) is 8.42 Å². The summed E-state index contributed by atoms with van der Waals surface area (Å²) in [7, 11) is -3.64. The number of ether oxygens (including phenoxy) is 2. The number of alkyl halides is 2. The van der Waals surface area contributed by atoms with Gasteiger partial charge in [0.05, 0.1) is 24.7 Å². The standard InChI is InChI=1S/C19H21F2N3O5S/c20-19(21)29-16-6-4-14(5-7-16)23-18(25)13-22-15-2-1-3-17(12-15)30(26,27)24-8-10-28-11-9-24/h1-7,12,19,22H,8-11,13H2,(H,23,25). The number of nitrogens with one attached hydrogen (secondary N) is 2. The van der Waals surface area contributed by atoms with Gasteiger partial charge in [0.2, 0.25) is 15.9 Å². The van der Waals surface area contributed by atoms with Gasteiger partial charge in [-0.05, 0) is 42.5 Å². The highest BCUT2D eigenvalue weighted by Gasteiger charge is 2.26. The van der Waals surface area contributed by atoms with Gasteiger partial charge < -0.3 is 20.1 Å². The van der Waals surface area contributed by atoms with E-state index in [1.54, 1.807) is 12.1 Å². The van der Waals surface area contributed by atoms with Crippen LogP contribution in [0.2, 0.25) is 0 Å². The van der Waals surface area contributed by atoms with Crippen LogP contribution in [0, 0.1) is 0 Å². The number of carbonyl (C=O) groups is 1. The summed E-state index contributed by atoms with van der Waals surface area (Å²) < 4.78 is 60.5. The number of nitrogens with zero attached hydrogens (tertiary/aromatic N) is 1. The van der Waals surface area contributed by atoms with Gasteiger partial charge in [0.1, 0.15) is 5.75 Å². The first-order valence-electron chi connectivity index (χ1n) is 9.11. The Labute approximate surface area is 172 Å². The molecule has 2 N–H and O–H groups in total. The first kappa shape index (κ1) is 21.9. The van der Waals surface area contributed by atoms with Gasteiger partial charge in [-0.3, -0.25) is 4.79 Å². The van der Waals surface area contributed by atoms with Crippen LogP contribution in [0.25, 0.3) is 0 Å². The van der Waals surface area contributed by atoms with Gasteiger partial charge in [0.15, 0.2) is 0 Å². The molecule has 1 saturated heterocycles. The Morgan fingerprint density at radius 1 is 1.10 bits per heavy atom. The lowest BCUT2D eigenvalue weighted by Crippen LogP contribution is -2.40. The maximum absolute atomic E-state index is 12.7. The van der Waals surface area contributed by atoms with Crippen LogP contribution in [0.4, 0.5) is 20.2 Å². The molecule has 1 heterocycles. The molecule has 11 heteroatoms. The zero-order valence-electron chi connectivity index (χ0n) is 15.9. The summed E-state index contributed by atoms with van der Waals surface area (Å²) in [5.74, 6) is -0.404. The molecule has 0 unspecified atom stereocenters. The van der Waals surface area contributed by atoms with Gasteiger partial charge in [-0.15, -0.1) is 0 Å². The van der Waals surface area contributed by atoms with Crippen LogP contribution in [-0.4, -0.2) is 58.1 Å². The first-order chi connectivity index (χ1) is 14.3. The summed E-state index contributed by atoms with van der Waals surface area (Å²) in [4.78, 5) is 12.2. The third-order valence-corrected chi connectivity index (χ3v) is 6.15. The second kappa shape index (κ2) is 9.83. The third-order valence-electron chi connectivity index (χ3n) is 4.26. The number of anilines is 2. The fourth-order valence-corrected chi connectivity index (χ4v) is 4.26. The Bertz CT molecular complexity index is 964. The predicted octanol–water partition coefficient (Wildman–Crippen LogP) is 2.36. The normalized spacial score (nSPS) is 15.0. The molecule has 3 rings (SSSR count). The monoisotopic (exact) mass is 441 g/mol. The number of benzene rings is 2. The van der Waals surface area contributed by atoms with Crippen LogP contribution < -0.4 is 15.4 Å². The molecule has 2 aromatic rings. The van der Waals surface area contributed by atoms with Crippen molar-refractivity contribution in [1.82, 2.24) is 4.31 Å². The molecule has 0 aromatic heterocycles. The van der Waals surface area contributed by atoms with Crippen LogP contribution >= 0.6 is 0 Å². The maximum Gasteiger partial charge on any atom is 0.387 e. The van der Waals surface area contributed by atoms with Gasteiger partial charge in [0.25, 0.3) is 0 Å². The zero-order chi connectivity index (χ0) is 21.6. The van der Waals surface area contributed by atoms with Gasteiger partial charge >= 0.3 is 6.61 Å². The van der Waals surface area contributed by atoms with Crippen LogP contribution in [0.15, 0.2) is 53.4 Å². The minimum atomic E-state index is -3.64. The van der Waals surface area contributed by atoms with Crippen LogP contribution in [0.5, 0.6) is 5.75 Å². The summed E-state index contributed by atoms with van der Waals surface area (Å²) in [6.07, 6.45) is 0. The Morgan fingerprint density at radius 3 is 2.47 bits per heavy atom. The Hall–Kier alpha value is -2.76. The molecule has 0 atom stereocenters. The van der Waals surface area contributed by atoms with E-state index in [0.717, 1.165) is 0 Å². The number of hydrogen-bond acceptors (Lipinski definition) is 6. The van der Waals surface area contributed by atoms with Crippen LogP contribution in [-0.2, 0) is 19.6 Å². The van der Waals surface area contributed by atoms with Gasteiger partial charge in [0, 0.05) is 24.5 Å². The second-order valence-corrected chi connectivity index (χ2v) is 8.29. The summed E-state index contributed by atoms with van der Waals surface area (Å²) in [5.41, 5.74) is 0.882. The molecule has 1 aliphatic rings. The van der Waals surface area contributed by atoms with E-state index in [2.05, 4.69) is 15.4 Å². The van der Waals surface area contributed by atoms with Crippen molar-refractivity contribution in [3.8, 4) is 5.75 Å². The summed E-state index contributed by atoms with van der Waals surface area (Å²) in [6, 6.07) is 11.7. The summed E-state index contributed by atoms with van der Waals surface area (Å²) in [6.45, 7) is -1.74.